The van der Waals surface area contributed by atoms with Crippen LogP contribution in [0.15, 0.2) is 42.5 Å². The molecule has 4 rings (SSSR count). The second-order valence-electron chi connectivity index (χ2n) is 12.7. The molecule has 56 heavy (non-hydrogen) atoms. The van der Waals surface area contributed by atoms with Crippen LogP contribution in [0, 0.1) is 10.1 Å². The molecule has 2 heterocycles. The highest BCUT2D eigenvalue weighted by molar-refractivity contribution is 8.00. The summed E-state index contributed by atoms with van der Waals surface area (Å²) in [7, 11) is 0. The van der Waals surface area contributed by atoms with Crippen LogP contribution in [0.25, 0.3) is 0 Å². The number of unbranched alkanes of at least 4 members (excludes halogenated alkanes) is 1. The lowest BCUT2D eigenvalue weighted by atomic mass is 10.0. The number of primary amides is 1. The molecule has 0 aliphatic carbocycles. The third-order valence-corrected chi connectivity index (χ3v) is 10.2. The summed E-state index contributed by atoms with van der Waals surface area (Å²) in [5.41, 5.74) is 5.89. The average molecular weight is 810 g/mol. The zero-order valence-electron chi connectivity index (χ0n) is 29.4. The van der Waals surface area contributed by atoms with E-state index in [1.807, 2.05) is 0 Å². The van der Waals surface area contributed by atoms with E-state index in [1.54, 1.807) is 30.8 Å². The predicted octanol–water partition coefficient (Wildman–Crippen LogP) is 3.66. The number of ketones is 2. The molecule has 2 aromatic carbocycles. The summed E-state index contributed by atoms with van der Waals surface area (Å²) in [6, 6.07) is 8.61. The van der Waals surface area contributed by atoms with Gasteiger partial charge in [-0.2, -0.15) is 11.8 Å². The minimum Gasteiger partial charge on any atom is -0.508 e. The molecule has 314 valence electrons. The lowest BCUT2D eigenvalue weighted by Crippen LogP contribution is -2.50. The van der Waals surface area contributed by atoms with Gasteiger partial charge in [-0.1, -0.05) is 40.8 Å². The highest BCUT2D eigenvalue weighted by atomic mass is 32.2. The first-order valence-corrected chi connectivity index (χ1v) is 18.2. The van der Waals surface area contributed by atoms with Crippen molar-refractivity contribution in [1.29, 1.82) is 0 Å². The number of nitrogens with two attached hydrogens (primary N) is 1. The number of phenols is 1. The maximum atomic E-state index is 12.7. The average Bonchev–Trinajstić information content (AvgIpc) is 3.67. The SMILES string of the molecule is C.C.C.CC(N[C@@H](Cc1ccc(O)cc1)C(N)=O)C(=O)COCCOCCCC(=O)c1ccc(OC(=O)CCCC[C@@H]2SC[C@@H]3NC(=O)N[C@@H]32)c([N+](=O)[O-])c1.O. The normalized spacial score (nSPS) is 17.5. The number of nitrogens with one attached hydrogen (secondary N) is 3. The number of ether oxygens (including phenoxy) is 3. The van der Waals surface area contributed by atoms with Gasteiger partial charge in [0.25, 0.3) is 0 Å². The molecule has 17 nitrogen and oxygen atoms in total. The number of aromatic hydroxyl groups is 1. The van der Waals surface area contributed by atoms with Crippen molar-refractivity contribution in [2.75, 3.05) is 32.2 Å². The Morgan fingerprint density at radius 2 is 1.70 bits per heavy atom. The number of hydrogen-bond acceptors (Lipinski definition) is 13. The smallest absolute Gasteiger partial charge is 0.315 e. The number of fused-ring (bicyclic) bond motifs is 1. The fourth-order valence-electron chi connectivity index (χ4n) is 5.85. The Labute approximate surface area is 332 Å². The van der Waals surface area contributed by atoms with E-state index in [2.05, 4.69) is 16.0 Å². The van der Waals surface area contributed by atoms with Gasteiger partial charge in [-0.25, -0.2) is 4.79 Å². The highest BCUT2D eigenvalue weighted by Crippen LogP contribution is 2.33. The Bertz CT molecular complexity index is 1600. The number of amides is 3. The second-order valence-corrected chi connectivity index (χ2v) is 13.9. The van der Waals surface area contributed by atoms with E-state index >= 15 is 0 Å². The van der Waals surface area contributed by atoms with Crippen molar-refractivity contribution in [2.24, 2.45) is 5.73 Å². The number of nitro benzene ring substituents is 1. The van der Waals surface area contributed by atoms with Crippen molar-refractivity contribution in [3.63, 3.8) is 0 Å². The number of nitrogens with zero attached hydrogens (tertiary/aromatic N) is 1. The van der Waals surface area contributed by atoms with E-state index in [9.17, 15) is 39.2 Å². The lowest BCUT2D eigenvalue weighted by Gasteiger charge is -2.20. The highest BCUT2D eigenvalue weighted by Gasteiger charge is 2.42. The summed E-state index contributed by atoms with van der Waals surface area (Å²) in [6.45, 7) is 1.87. The molecule has 3 amide bonds. The molecule has 0 saturated carbocycles. The minimum absolute atomic E-state index is 0. The molecule has 0 spiro atoms. The van der Waals surface area contributed by atoms with Gasteiger partial charge in [-0.15, -0.1) is 0 Å². The molecule has 0 radical (unpaired) electrons. The van der Waals surface area contributed by atoms with Crippen LogP contribution in [0.3, 0.4) is 0 Å². The van der Waals surface area contributed by atoms with E-state index < -0.39 is 34.6 Å². The summed E-state index contributed by atoms with van der Waals surface area (Å²) < 4.78 is 16.1. The van der Waals surface area contributed by atoms with Crippen molar-refractivity contribution < 1.29 is 53.7 Å². The van der Waals surface area contributed by atoms with Gasteiger partial charge < -0.3 is 41.2 Å². The standard InChI is InChI=1S/C35H45N5O11S.3CH4.H2O/c1-21(37-25(34(36)45)17-22-8-11-24(41)12-9-22)29(43)19-50-16-15-49-14-4-5-28(42)23-10-13-30(27(18-23)40(47)48)51-32(44)7-3-2-6-31-33-26(20-52-31)38-35(46)39-33;;;;/h8-13,18,21,25-26,31,33,37,41H,2-7,14-17,19-20H2,1H3,(H2,36,45)(H2,38,39,46);3*1H4;1H2/t21?,25-,26-,31-,33-;;;;/m0..../s1. The Balaban J connectivity index is 0.00000756. The van der Waals surface area contributed by atoms with Crippen LogP contribution in [0.1, 0.15) is 83.7 Å². The summed E-state index contributed by atoms with van der Waals surface area (Å²) >= 11 is 1.79. The molecular weight excluding hydrogens is 751 g/mol. The fourth-order valence-corrected chi connectivity index (χ4v) is 7.40. The van der Waals surface area contributed by atoms with Crippen LogP contribution in [-0.2, 0) is 30.3 Å². The van der Waals surface area contributed by atoms with Gasteiger partial charge in [-0.3, -0.25) is 34.6 Å². The number of carbonyl (C=O) groups excluding carboxylic acids is 5. The molecule has 2 fully saturated rings. The second kappa shape index (κ2) is 25.5. The van der Waals surface area contributed by atoms with Crippen LogP contribution in [0.5, 0.6) is 11.5 Å². The molecule has 2 aromatic rings. The quantitative estimate of drug-likeness (QED) is 0.0204. The first kappa shape index (κ1) is 51.4. The molecular formula is C38H59N5O12S. The van der Waals surface area contributed by atoms with Gasteiger partial charge in [0.2, 0.25) is 11.7 Å². The van der Waals surface area contributed by atoms with Gasteiger partial charge >= 0.3 is 17.7 Å². The first-order chi connectivity index (χ1) is 24.9. The number of esters is 1. The van der Waals surface area contributed by atoms with Crippen LogP contribution >= 0.6 is 11.8 Å². The number of carbonyl (C=O) groups is 5. The zero-order valence-corrected chi connectivity index (χ0v) is 30.2. The summed E-state index contributed by atoms with van der Waals surface area (Å²) in [6.07, 6.45) is 2.80. The fraction of sp³-hybridized carbons (Fsp3) is 0.553. The number of nitro groups is 1. The van der Waals surface area contributed by atoms with Gasteiger partial charge in [0.15, 0.2) is 11.6 Å². The molecule has 8 N–H and O–H groups in total. The summed E-state index contributed by atoms with van der Waals surface area (Å²) in [5.74, 6) is -1.14. The van der Waals surface area contributed by atoms with E-state index in [0.29, 0.717) is 12.8 Å². The zero-order chi connectivity index (χ0) is 37.6. The number of Topliss-reactive ketones (excluding diaryl/α,β-unsaturated/α-hetero) is 2. The van der Waals surface area contributed by atoms with Crippen molar-refractivity contribution >= 4 is 46.9 Å². The van der Waals surface area contributed by atoms with Crippen LogP contribution < -0.4 is 26.4 Å². The number of benzene rings is 2. The minimum atomic E-state index is -0.797. The molecule has 0 aromatic heterocycles. The lowest BCUT2D eigenvalue weighted by molar-refractivity contribution is -0.385. The Hall–Kier alpha value is -4.62. The van der Waals surface area contributed by atoms with Gasteiger partial charge in [0, 0.05) is 42.1 Å². The number of thioether (sulfide) groups is 1. The van der Waals surface area contributed by atoms with Crippen molar-refractivity contribution in [2.45, 2.75) is 104 Å². The molecule has 2 aliphatic rings. The largest absolute Gasteiger partial charge is 0.508 e. The van der Waals surface area contributed by atoms with Crippen LogP contribution in [-0.4, -0.2) is 107 Å². The number of hydrogen-bond donors (Lipinski definition) is 5. The molecule has 0 bridgehead atoms. The van der Waals surface area contributed by atoms with Crippen LogP contribution in [0.2, 0.25) is 0 Å². The topological polar surface area (TPSA) is 270 Å². The van der Waals surface area contributed by atoms with Gasteiger partial charge in [0.1, 0.15) is 12.4 Å². The summed E-state index contributed by atoms with van der Waals surface area (Å²) in [4.78, 5) is 72.1. The van der Waals surface area contributed by atoms with E-state index in [1.165, 1.54) is 24.3 Å². The monoisotopic (exact) mass is 809 g/mol. The van der Waals surface area contributed by atoms with E-state index in [4.69, 9.17) is 19.9 Å². The maximum Gasteiger partial charge on any atom is 0.315 e. The summed E-state index contributed by atoms with van der Waals surface area (Å²) in [5, 5.41) is 30.1. The number of rotatable bonds is 23. The van der Waals surface area contributed by atoms with Crippen LogP contribution in [0.4, 0.5) is 10.5 Å². The number of phenolic OH excluding ortho intramolecular Hbond substituents is 1. The third-order valence-electron chi connectivity index (χ3n) is 8.72. The molecule has 2 aliphatic heterocycles. The predicted molar refractivity (Wildman–Crippen MR) is 214 cm³/mol. The van der Waals surface area contributed by atoms with Crippen molar-refractivity contribution in [1.82, 2.24) is 16.0 Å². The van der Waals surface area contributed by atoms with E-state index in [-0.39, 0.29) is 125 Å². The van der Waals surface area contributed by atoms with Gasteiger partial charge in [0.05, 0.1) is 42.3 Å². The molecule has 1 unspecified atom stereocenters. The molecule has 5 atom stereocenters. The van der Waals surface area contributed by atoms with E-state index in [0.717, 1.165) is 30.2 Å². The van der Waals surface area contributed by atoms with Gasteiger partial charge in [-0.05, 0) is 62.4 Å². The Kier molecular flexibility index (Phi) is 23.4. The molecule has 18 heteroatoms. The first-order valence-electron chi connectivity index (χ1n) is 17.1. The number of urea groups is 1. The maximum absolute atomic E-state index is 12.7. The van der Waals surface area contributed by atoms with Crippen molar-refractivity contribution in [3.05, 3.63) is 63.7 Å². The third kappa shape index (κ3) is 15.9. The Morgan fingerprint density at radius 3 is 2.38 bits per heavy atom. The van der Waals surface area contributed by atoms with Crippen molar-refractivity contribution in [3.8, 4) is 11.5 Å². The Morgan fingerprint density at radius 1 is 1.00 bits per heavy atom. The molecule has 2 saturated heterocycles.